The van der Waals surface area contributed by atoms with Crippen LogP contribution >= 0.6 is 0 Å². The molecule has 1 aromatic rings. The molecule has 0 saturated heterocycles. The lowest BCUT2D eigenvalue weighted by molar-refractivity contribution is -0.146. The van der Waals surface area contributed by atoms with Gasteiger partial charge in [-0.05, 0) is 18.8 Å². The molecule has 1 heterocycles. The lowest BCUT2D eigenvalue weighted by Crippen LogP contribution is -2.56. The largest absolute Gasteiger partial charge is 0.480 e. The van der Waals surface area contributed by atoms with E-state index < -0.39 is 17.4 Å². The maximum Gasteiger partial charge on any atom is 0.329 e. The number of carbonyl (C=O) groups excluding carboxylic acids is 1. The number of hydrogen-bond acceptors (Lipinski definition) is 4. The average Bonchev–Trinajstić information content (AvgIpc) is 2.39. The molecule has 6 heteroatoms. The number of aromatic nitrogens is 2. The van der Waals surface area contributed by atoms with Crippen molar-refractivity contribution in [2.45, 2.75) is 38.1 Å². The van der Waals surface area contributed by atoms with E-state index >= 15 is 0 Å². The van der Waals surface area contributed by atoms with Crippen molar-refractivity contribution in [2.24, 2.45) is 5.92 Å². The number of carboxylic acids is 1. The number of rotatable bonds is 3. The van der Waals surface area contributed by atoms with Crippen molar-refractivity contribution in [1.82, 2.24) is 15.3 Å². The molecule has 6 nitrogen and oxygen atoms in total. The Morgan fingerprint density at radius 1 is 1.47 bits per heavy atom. The van der Waals surface area contributed by atoms with Crippen LogP contribution in [-0.2, 0) is 4.79 Å². The van der Waals surface area contributed by atoms with Crippen LogP contribution in [-0.4, -0.2) is 32.5 Å². The van der Waals surface area contributed by atoms with E-state index in [4.69, 9.17) is 0 Å². The van der Waals surface area contributed by atoms with Crippen molar-refractivity contribution in [3.8, 4) is 0 Å². The molecule has 2 N–H and O–H groups in total. The fraction of sp³-hybridized carbons (Fsp3) is 0.538. The Labute approximate surface area is 111 Å². The molecule has 1 saturated carbocycles. The van der Waals surface area contributed by atoms with Crippen LogP contribution in [0.25, 0.3) is 0 Å². The monoisotopic (exact) mass is 263 g/mol. The molecule has 1 fully saturated rings. The van der Waals surface area contributed by atoms with Crippen molar-refractivity contribution < 1.29 is 14.7 Å². The highest BCUT2D eigenvalue weighted by molar-refractivity contribution is 5.96. The Bertz CT molecular complexity index is 477. The first-order valence-corrected chi connectivity index (χ1v) is 6.35. The summed E-state index contributed by atoms with van der Waals surface area (Å²) in [6.45, 7) is 2.01. The SMILES string of the molecule is CC1CCCC(NC(=O)c2cnccn2)(C(=O)O)C1. The molecule has 102 valence electrons. The predicted molar refractivity (Wildman–Crippen MR) is 67.5 cm³/mol. The zero-order chi connectivity index (χ0) is 13.9. The number of carbonyl (C=O) groups is 2. The Morgan fingerprint density at radius 2 is 2.26 bits per heavy atom. The topological polar surface area (TPSA) is 92.2 Å². The minimum Gasteiger partial charge on any atom is -0.480 e. The van der Waals surface area contributed by atoms with Crippen LogP contribution in [0.3, 0.4) is 0 Å². The zero-order valence-electron chi connectivity index (χ0n) is 10.8. The highest BCUT2D eigenvalue weighted by atomic mass is 16.4. The van der Waals surface area contributed by atoms with E-state index in [2.05, 4.69) is 15.3 Å². The third-order valence-corrected chi connectivity index (χ3v) is 3.56. The molecule has 19 heavy (non-hydrogen) atoms. The second-order valence-electron chi connectivity index (χ2n) is 5.13. The van der Waals surface area contributed by atoms with E-state index in [9.17, 15) is 14.7 Å². The van der Waals surface area contributed by atoms with Crippen LogP contribution in [0.5, 0.6) is 0 Å². The van der Waals surface area contributed by atoms with Gasteiger partial charge in [-0.3, -0.25) is 9.78 Å². The van der Waals surface area contributed by atoms with Gasteiger partial charge < -0.3 is 10.4 Å². The highest BCUT2D eigenvalue weighted by Crippen LogP contribution is 2.32. The second-order valence-corrected chi connectivity index (χ2v) is 5.13. The first-order valence-electron chi connectivity index (χ1n) is 6.35. The average molecular weight is 263 g/mol. The summed E-state index contributed by atoms with van der Waals surface area (Å²) in [7, 11) is 0. The van der Waals surface area contributed by atoms with Crippen molar-refractivity contribution >= 4 is 11.9 Å². The van der Waals surface area contributed by atoms with Crippen molar-refractivity contribution in [1.29, 1.82) is 0 Å². The highest BCUT2D eigenvalue weighted by Gasteiger charge is 2.43. The summed E-state index contributed by atoms with van der Waals surface area (Å²) in [6.07, 6.45) is 6.91. The number of carboxylic acid groups (broad SMARTS) is 1. The Kier molecular flexibility index (Phi) is 3.78. The van der Waals surface area contributed by atoms with E-state index in [0.29, 0.717) is 12.8 Å². The van der Waals surface area contributed by atoms with Gasteiger partial charge >= 0.3 is 5.97 Å². The van der Waals surface area contributed by atoms with Crippen LogP contribution in [0, 0.1) is 5.92 Å². The minimum absolute atomic E-state index is 0.140. The molecule has 0 spiro atoms. The van der Waals surface area contributed by atoms with Crippen molar-refractivity contribution in [2.75, 3.05) is 0 Å². The third kappa shape index (κ3) is 2.89. The van der Waals surface area contributed by atoms with E-state index in [1.807, 2.05) is 6.92 Å². The zero-order valence-corrected chi connectivity index (χ0v) is 10.8. The fourth-order valence-corrected chi connectivity index (χ4v) is 2.61. The van der Waals surface area contributed by atoms with Crippen LogP contribution in [0.4, 0.5) is 0 Å². The maximum absolute atomic E-state index is 12.1. The van der Waals surface area contributed by atoms with E-state index in [-0.39, 0.29) is 11.6 Å². The summed E-state index contributed by atoms with van der Waals surface area (Å²) in [5, 5.41) is 12.1. The molecule has 2 rings (SSSR count). The summed E-state index contributed by atoms with van der Waals surface area (Å²) in [4.78, 5) is 31.3. The van der Waals surface area contributed by atoms with Crippen LogP contribution in [0.15, 0.2) is 18.6 Å². The van der Waals surface area contributed by atoms with Gasteiger partial charge in [-0.1, -0.05) is 19.8 Å². The molecule has 1 aromatic heterocycles. The summed E-state index contributed by atoms with van der Waals surface area (Å²) < 4.78 is 0. The summed E-state index contributed by atoms with van der Waals surface area (Å²) in [5.41, 5.74) is -1.03. The first kappa shape index (κ1) is 13.5. The standard InChI is InChI=1S/C13H17N3O3/c1-9-3-2-4-13(7-9,12(18)19)16-11(17)10-8-14-5-6-15-10/h5-6,8-9H,2-4,7H2,1H3,(H,16,17)(H,18,19). The quantitative estimate of drug-likeness (QED) is 0.856. The van der Waals surface area contributed by atoms with Gasteiger partial charge in [-0.25, -0.2) is 9.78 Å². The van der Waals surface area contributed by atoms with E-state index in [1.54, 1.807) is 0 Å². The fourth-order valence-electron chi connectivity index (χ4n) is 2.61. The molecule has 2 atom stereocenters. The number of hydrogen-bond donors (Lipinski definition) is 2. The van der Waals surface area contributed by atoms with Crippen molar-refractivity contribution in [3.63, 3.8) is 0 Å². The van der Waals surface area contributed by atoms with Gasteiger partial charge in [0.05, 0.1) is 6.20 Å². The first-order chi connectivity index (χ1) is 9.03. The molecule has 2 unspecified atom stereocenters. The van der Waals surface area contributed by atoms with Gasteiger partial charge in [0.2, 0.25) is 0 Å². The van der Waals surface area contributed by atoms with Gasteiger partial charge in [0.25, 0.3) is 5.91 Å². The van der Waals surface area contributed by atoms with Gasteiger partial charge in [0.15, 0.2) is 0 Å². The van der Waals surface area contributed by atoms with Crippen LogP contribution in [0.1, 0.15) is 43.1 Å². The predicted octanol–water partition coefficient (Wildman–Crippen LogP) is 1.24. The Balaban J connectivity index is 2.18. The van der Waals surface area contributed by atoms with Gasteiger partial charge in [-0.15, -0.1) is 0 Å². The molecule has 1 aliphatic rings. The van der Waals surface area contributed by atoms with Crippen LogP contribution < -0.4 is 5.32 Å². The number of amides is 1. The minimum atomic E-state index is -1.17. The Hall–Kier alpha value is -1.98. The van der Waals surface area contributed by atoms with Crippen molar-refractivity contribution in [3.05, 3.63) is 24.3 Å². The van der Waals surface area contributed by atoms with Crippen LogP contribution in [0.2, 0.25) is 0 Å². The third-order valence-electron chi connectivity index (χ3n) is 3.56. The number of aliphatic carboxylic acids is 1. The van der Waals surface area contributed by atoms with E-state index in [1.165, 1.54) is 18.6 Å². The molecular formula is C13H17N3O3. The molecule has 0 radical (unpaired) electrons. The van der Waals surface area contributed by atoms with Gasteiger partial charge in [-0.2, -0.15) is 0 Å². The molecule has 1 amide bonds. The van der Waals surface area contributed by atoms with E-state index in [0.717, 1.165) is 12.8 Å². The summed E-state index contributed by atoms with van der Waals surface area (Å²) >= 11 is 0. The summed E-state index contributed by atoms with van der Waals surface area (Å²) in [5.74, 6) is -1.17. The Morgan fingerprint density at radius 3 is 2.84 bits per heavy atom. The number of nitrogens with zero attached hydrogens (tertiary/aromatic N) is 2. The molecule has 0 bridgehead atoms. The molecule has 1 aliphatic carbocycles. The molecular weight excluding hydrogens is 246 g/mol. The van der Waals surface area contributed by atoms with Gasteiger partial charge in [0, 0.05) is 12.4 Å². The lowest BCUT2D eigenvalue weighted by atomic mass is 9.76. The lowest BCUT2D eigenvalue weighted by Gasteiger charge is -2.36. The smallest absolute Gasteiger partial charge is 0.329 e. The summed E-state index contributed by atoms with van der Waals surface area (Å²) in [6, 6.07) is 0. The normalized spacial score (nSPS) is 26.7. The molecule has 0 aromatic carbocycles. The second kappa shape index (κ2) is 5.34. The van der Waals surface area contributed by atoms with Gasteiger partial charge in [0.1, 0.15) is 11.2 Å². The maximum atomic E-state index is 12.1. The molecule has 0 aliphatic heterocycles. The number of nitrogens with one attached hydrogen (secondary N) is 1.